The van der Waals surface area contributed by atoms with Crippen molar-refractivity contribution in [1.29, 1.82) is 0 Å². The molecule has 22 heavy (non-hydrogen) atoms. The molecule has 3 rings (SSSR count). The van der Waals surface area contributed by atoms with E-state index in [2.05, 4.69) is 19.7 Å². The Morgan fingerprint density at radius 2 is 2.00 bits per heavy atom. The van der Waals surface area contributed by atoms with Gasteiger partial charge in [-0.1, -0.05) is 11.8 Å². The molecule has 2 aromatic rings. The van der Waals surface area contributed by atoms with E-state index in [1.54, 1.807) is 31.4 Å². The molecule has 0 unspecified atom stereocenters. The quantitative estimate of drug-likeness (QED) is 0.791. The number of nitrogens with zero attached hydrogens (tertiary/aromatic N) is 5. The highest BCUT2D eigenvalue weighted by Crippen LogP contribution is 2.41. The Kier molecular flexibility index (Phi) is 4.15. The second-order valence-electron chi connectivity index (χ2n) is 5.64. The molecule has 0 saturated heterocycles. The first kappa shape index (κ1) is 15.0. The number of amides is 1. The molecule has 0 aromatic carbocycles. The molecule has 6 nitrogen and oxygen atoms in total. The smallest absolute Gasteiger partial charge is 0.235 e. The number of aromatic nitrogens is 4. The van der Waals surface area contributed by atoms with Crippen molar-refractivity contribution in [2.75, 3.05) is 14.1 Å². The van der Waals surface area contributed by atoms with Gasteiger partial charge < -0.3 is 4.90 Å². The van der Waals surface area contributed by atoms with Gasteiger partial charge in [-0.25, -0.2) is 0 Å². The van der Waals surface area contributed by atoms with E-state index in [0.717, 1.165) is 29.4 Å². The number of thioether (sulfide) groups is 1. The van der Waals surface area contributed by atoms with Crippen LogP contribution in [0.3, 0.4) is 0 Å². The number of carbonyl (C=O) groups excluding carboxylic acids is 1. The first-order valence-electron chi connectivity index (χ1n) is 7.31. The Labute approximate surface area is 133 Å². The van der Waals surface area contributed by atoms with Gasteiger partial charge in [-0.05, 0) is 31.9 Å². The van der Waals surface area contributed by atoms with Crippen LogP contribution in [-0.2, 0) is 4.79 Å². The molecule has 2 aromatic heterocycles. The maximum Gasteiger partial charge on any atom is 0.235 e. The van der Waals surface area contributed by atoms with Crippen molar-refractivity contribution in [3.8, 4) is 11.4 Å². The predicted molar refractivity (Wildman–Crippen MR) is 85.5 cm³/mol. The highest BCUT2D eigenvalue weighted by atomic mass is 32.2. The molecule has 0 aliphatic heterocycles. The van der Waals surface area contributed by atoms with E-state index in [1.165, 1.54) is 11.8 Å². The third-order valence-corrected chi connectivity index (χ3v) is 4.63. The third-order valence-electron chi connectivity index (χ3n) is 3.59. The van der Waals surface area contributed by atoms with E-state index < -0.39 is 0 Å². The fourth-order valence-electron chi connectivity index (χ4n) is 2.29. The van der Waals surface area contributed by atoms with E-state index in [9.17, 15) is 4.79 Å². The predicted octanol–water partition coefficient (Wildman–Crippen LogP) is 2.24. The average molecular weight is 317 g/mol. The van der Waals surface area contributed by atoms with Gasteiger partial charge >= 0.3 is 0 Å². The highest BCUT2D eigenvalue weighted by molar-refractivity contribution is 8.00. The first-order valence-corrected chi connectivity index (χ1v) is 8.19. The number of carbonyl (C=O) groups is 1. The molecule has 0 radical (unpaired) electrons. The minimum atomic E-state index is -0.179. The molecule has 1 aliphatic rings. The SMILES string of the molecule is C[C@H](Sc1nnc(-c2ccncc2)n1C1CC1)C(=O)N(C)C. The standard InChI is InChI=1S/C15H19N5OS/c1-10(14(21)19(2)3)22-15-18-17-13(20(15)12-4-5-12)11-6-8-16-9-7-11/h6-10,12H,4-5H2,1-3H3/t10-/m0/s1. The van der Waals surface area contributed by atoms with Crippen molar-refractivity contribution in [2.45, 2.75) is 36.2 Å². The topological polar surface area (TPSA) is 63.9 Å². The van der Waals surface area contributed by atoms with Crippen molar-refractivity contribution < 1.29 is 4.79 Å². The van der Waals surface area contributed by atoms with Crippen LogP contribution < -0.4 is 0 Å². The summed E-state index contributed by atoms with van der Waals surface area (Å²) < 4.78 is 2.17. The average Bonchev–Trinajstić information content (AvgIpc) is 3.28. The summed E-state index contributed by atoms with van der Waals surface area (Å²) in [6, 6.07) is 4.32. The van der Waals surface area contributed by atoms with Gasteiger partial charge in [0.1, 0.15) is 0 Å². The lowest BCUT2D eigenvalue weighted by molar-refractivity contribution is -0.127. The molecule has 0 spiro atoms. The van der Waals surface area contributed by atoms with Crippen LogP contribution in [0, 0.1) is 0 Å². The van der Waals surface area contributed by atoms with Crippen LogP contribution in [0.15, 0.2) is 29.7 Å². The summed E-state index contributed by atoms with van der Waals surface area (Å²) in [6.45, 7) is 1.91. The van der Waals surface area contributed by atoms with Crippen LogP contribution in [0.1, 0.15) is 25.8 Å². The normalized spacial score (nSPS) is 15.6. The fourth-order valence-corrected chi connectivity index (χ4v) is 3.35. The molecule has 0 bridgehead atoms. The largest absolute Gasteiger partial charge is 0.348 e. The van der Waals surface area contributed by atoms with Crippen molar-refractivity contribution in [3.05, 3.63) is 24.5 Å². The summed E-state index contributed by atoms with van der Waals surface area (Å²) in [4.78, 5) is 17.7. The molecule has 1 amide bonds. The number of hydrogen-bond donors (Lipinski definition) is 0. The van der Waals surface area contributed by atoms with Crippen molar-refractivity contribution >= 4 is 17.7 Å². The van der Waals surface area contributed by atoms with Gasteiger partial charge in [-0.15, -0.1) is 10.2 Å². The van der Waals surface area contributed by atoms with Gasteiger partial charge in [0.15, 0.2) is 11.0 Å². The summed E-state index contributed by atoms with van der Waals surface area (Å²) in [5.74, 6) is 0.942. The third kappa shape index (κ3) is 2.99. The van der Waals surface area contributed by atoms with Gasteiger partial charge in [0.25, 0.3) is 0 Å². The summed E-state index contributed by atoms with van der Waals surface area (Å²) in [7, 11) is 3.54. The van der Waals surface area contributed by atoms with Crippen molar-refractivity contribution in [3.63, 3.8) is 0 Å². The Morgan fingerprint density at radius 3 is 2.59 bits per heavy atom. The van der Waals surface area contributed by atoms with E-state index >= 15 is 0 Å². The number of rotatable bonds is 5. The second kappa shape index (κ2) is 6.08. The molecule has 2 heterocycles. The van der Waals surface area contributed by atoms with Crippen LogP contribution in [0.5, 0.6) is 0 Å². The van der Waals surface area contributed by atoms with Gasteiger partial charge in [-0.2, -0.15) is 0 Å². The van der Waals surface area contributed by atoms with E-state index in [0.29, 0.717) is 6.04 Å². The molecule has 116 valence electrons. The summed E-state index contributed by atoms with van der Waals surface area (Å²) in [6.07, 6.45) is 5.79. The van der Waals surface area contributed by atoms with Gasteiger partial charge in [0, 0.05) is 38.1 Å². The Balaban J connectivity index is 1.90. The lowest BCUT2D eigenvalue weighted by Crippen LogP contribution is -2.29. The van der Waals surface area contributed by atoms with E-state index in [4.69, 9.17) is 0 Å². The molecule has 1 atom stereocenters. The second-order valence-corrected chi connectivity index (χ2v) is 6.94. The minimum Gasteiger partial charge on any atom is -0.348 e. The molecule has 7 heteroatoms. The van der Waals surface area contributed by atoms with Crippen LogP contribution in [0.25, 0.3) is 11.4 Å². The van der Waals surface area contributed by atoms with Crippen molar-refractivity contribution in [1.82, 2.24) is 24.6 Å². The monoisotopic (exact) mass is 317 g/mol. The van der Waals surface area contributed by atoms with Crippen LogP contribution in [0.2, 0.25) is 0 Å². The van der Waals surface area contributed by atoms with Gasteiger partial charge in [-0.3, -0.25) is 14.3 Å². The molecule has 1 fully saturated rings. The molecule has 1 aliphatic carbocycles. The highest BCUT2D eigenvalue weighted by Gasteiger charge is 2.31. The zero-order chi connectivity index (χ0) is 15.7. The zero-order valence-electron chi connectivity index (χ0n) is 12.9. The summed E-state index contributed by atoms with van der Waals surface area (Å²) in [5, 5.41) is 9.30. The maximum atomic E-state index is 12.1. The Hall–Kier alpha value is -1.89. The summed E-state index contributed by atoms with van der Waals surface area (Å²) >= 11 is 1.47. The first-order chi connectivity index (χ1) is 10.6. The van der Waals surface area contributed by atoms with Gasteiger partial charge in [0.2, 0.25) is 5.91 Å². The lowest BCUT2D eigenvalue weighted by Gasteiger charge is -2.16. The van der Waals surface area contributed by atoms with Crippen LogP contribution in [0.4, 0.5) is 0 Å². The number of hydrogen-bond acceptors (Lipinski definition) is 5. The minimum absolute atomic E-state index is 0.0841. The Bertz CT molecular complexity index is 666. The molecular formula is C15H19N5OS. The molecular weight excluding hydrogens is 298 g/mol. The van der Waals surface area contributed by atoms with E-state index in [1.807, 2.05) is 19.1 Å². The number of pyridine rings is 1. The van der Waals surface area contributed by atoms with Crippen molar-refractivity contribution in [2.24, 2.45) is 0 Å². The molecule has 1 saturated carbocycles. The lowest BCUT2D eigenvalue weighted by atomic mass is 10.2. The summed E-state index contributed by atoms with van der Waals surface area (Å²) in [5.41, 5.74) is 1.01. The zero-order valence-corrected chi connectivity index (χ0v) is 13.7. The fraction of sp³-hybridized carbons (Fsp3) is 0.467. The maximum absolute atomic E-state index is 12.1. The van der Waals surface area contributed by atoms with E-state index in [-0.39, 0.29) is 11.2 Å². The van der Waals surface area contributed by atoms with Gasteiger partial charge in [0.05, 0.1) is 5.25 Å². The molecule has 0 N–H and O–H groups in total. The van der Waals surface area contributed by atoms with Crippen LogP contribution >= 0.6 is 11.8 Å². The van der Waals surface area contributed by atoms with Crippen LogP contribution in [-0.4, -0.2) is 49.9 Å². The Morgan fingerprint density at radius 1 is 1.32 bits per heavy atom.